The zero-order valence-electron chi connectivity index (χ0n) is 9.06. The van der Waals surface area contributed by atoms with Gasteiger partial charge in [0, 0.05) is 12.6 Å². The highest BCUT2D eigenvalue weighted by atomic mass is 79.9. The summed E-state index contributed by atoms with van der Waals surface area (Å²) in [4.78, 5) is 24.5. The molecule has 2 heterocycles. The van der Waals surface area contributed by atoms with E-state index in [1.54, 1.807) is 11.0 Å². The van der Waals surface area contributed by atoms with Gasteiger partial charge in [0.15, 0.2) is 4.67 Å². The normalized spacial score (nSPS) is 19.6. The lowest BCUT2D eigenvalue weighted by molar-refractivity contribution is -0.137. The van der Waals surface area contributed by atoms with Crippen LogP contribution >= 0.6 is 15.9 Å². The second-order valence-electron chi connectivity index (χ2n) is 4.00. The van der Waals surface area contributed by atoms with Crippen LogP contribution in [0.25, 0.3) is 0 Å². The Morgan fingerprint density at radius 2 is 2.35 bits per heavy atom. The standard InChI is InChI=1S/C11H12BrNO4/c12-10-8(3-5-17-10)11(16)13-4-1-2-7(13)6-9(14)15/h3,5,7H,1-2,4,6H2,(H,14,15). The quantitative estimate of drug-likeness (QED) is 0.928. The van der Waals surface area contributed by atoms with Crippen LogP contribution in [-0.4, -0.2) is 34.5 Å². The van der Waals surface area contributed by atoms with Gasteiger partial charge >= 0.3 is 5.97 Å². The van der Waals surface area contributed by atoms with Crippen LogP contribution in [0.2, 0.25) is 0 Å². The Hall–Kier alpha value is -1.30. The van der Waals surface area contributed by atoms with Crippen LogP contribution in [-0.2, 0) is 4.79 Å². The first kappa shape index (κ1) is 12.2. The summed E-state index contributed by atoms with van der Waals surface area (Å²) in [5, 5.41) is 8.79. The van der Waals surface area contributed by atoms with E-state index in [4.69, 9.17) is 9.52 Å². The number of carbonyl (C=O) groups is 2. The van der Waals surface area contributed by atoms with E-state index in [9.17, 15) is 9.59 Å². The molecule has 2 rings (SSSR count). The molecule has 17 heavy (non-hydrogen) atoms. The number of nitrogens with zero attached hydrogens (tertiary/aromatic N) is 1. The van der Waals surface area contributed by atoms with Crippen molar-refractivity contribution in [3.05, 3.63) is 22.6 Å². The predicted molar refractivity (Wildman–Crippen MR) is 62.7 cm³/mol. The van der Waals surface area contributed by atoms with Crippen molar-refractivity contribution in [1.29, 1.82) is 0 Å². The lowest BCUT2D eigenvalue weighted by Gasteiger charge is -2.22. The molecule has 0 spiro atoms. The van der Waals surface area contributed by atoms with Gasteiger partial charge in [-0.25, -0.2) is 0 Å². The van der Waals surface area contributed by atoms with Gasteiger partial charge in [-0.1, -0.05) is 0 Å². The number of hydrogen-bond acceptors (Lipinski definition) is 3. The van der Waals surface area contributed by atoms with E-state index < -0.39 is 5.97 Å². The summed E-state index contributed by atoms with van der Waals surface area (Å²) in [6.45, 7) is 0.606. The second-order valence-corrected chi connectivity index (χ2v) is 4.72. The molecule has 0 saturated carbocycles. The summed E-state index contributed by atoms with van der Waals surface area (Å²) >= 11 is 3.15. The van der Waals surface area contributed by atoms with Crippen LogP contribution in [0.4, 0.5) is 0 Å². The fourth-order valence-corrected chi connectivity index (χ4v) is 2.53. The van der Waals surface area contributed by atoms with Crippen LogP contribution in [0.5, 0.6) is 0 Å². The number of amides is 1. The molecule has 1 fully saturated rings. The third kappa shape index (κ3) is 2.52. The van der Waals surface area contributed by atoms with E-state index in [1.165, 1.54) is 6.26 Å². The molecule has 6 heteroatoms. The van der Waals surface area contributed by atoms with E-state index in [0.29, 0.717) is 16.8 Å². The topological polar surface area (TPSA) is 70.8 Å². The smallest absolute Gasteiger partial charge is 0.305 e. The minimum atomic E-state index is -0.874. The SMILES string of the molecule is O=C(O)CC1CCCN1C(=O)c1ccoc1Br. The minimum absolute atomic E-state index is 0.00120. The maximum Gasteiger partial charge on any atom is 0.305 e. The van der Waals surface area contributed by atoms with Gasteiger partial charge in [0.2, 0.25) is 0 Å². The van der Waals surface area contributed by atoms with Crippen molar-refractivity contribution in [3.63, 3.8) is 0 Å². The number of carbonyl (C=O) groups excluding carboxylic acids is 1. The lowest BCUT2D eigenvalue weighted by Crippen LogP contribution is -2.36. The third-order valence-electron chi connectivity index (χ3n) is 2.90. The van der Waals surface area contributed by atoms with Crippen molar-refractivity contribution >= 4 is 27.8 Å². The number of furan rings is 1. The number of likely N-dealkylation sites (tertiary alicyclic amines) is 1. The Morgan fingerprint density at radius 3 is 2.94 bits per heavy atom. The van der Waals surface area contributed by atoms with Crippen molar-refractivity contribution in [1.82, 2.24) is 4.90 Å². The number of halogens is 1. The van der Waals surface area contributed by atoms with Crippen molar-refractivity contribution in [2.24, 2.45) is 0 Å². The van der Waals surface area contributed by atoms with Gasteiger partial charge in [0.1, 0.15) is 0 Å². The third-order valence-corrected chi connectivity index (χ3v) is 3.51. The van der Waals surface area contributed by atoms with Crippen molar-refractivity contribution in [3.8, 4) is 0 Å². The van der Waals surface area contributed by atoms with Crippen LogP contribution in [0.1, 0.15) is 29.6 Å². The van der Waals surface area contributed by atoms with Crippen LogP contribution in [0.15, 0.2) is 21.4 Å². The Labute approximate surface area is 107 Å². The molecule has 1 aromatic heterocycles. The van der Waals surface area contributed by atoms with Crippen LogP contribution in [0.3, 0.4) is 0 Å². The van der Waals surface area contributed by atoms with Gasteiger partial charge < -0.3 is 14.4 Å². The highest BCUT2D eigenvalue weighted by molar-refractivity contribution is 9.10. The Bertz CT molecular complexity index is 442. The molecule has 1 aliphatic rings. The van der Waals surface area contributed by atoms with E-state index in [0.717, 1.165) is 12.8 Å². The monoisotopic (exact) mass is 301 g/mol. The first-order valence-electron chi connectivity index (χ1n) is 5.35. The molecule has 1 unspecified atom stereocenters. The summed E-state index contributed by atoms with van der Waals surface area (Å²) in [7, 11) is 0. The largest absolute Gasteiger partial charge is 0.481 e. The molecule has 5 nitrogen and oxygen atoms in total. The van der Waals surface area contributed by atoms with Crippen molar-refractivity contribution in [2.45, 2.75) is 25.3 Å². The zero-order chi connectivity index (χ0) is 12.4. The molecule has 0 aromatic carbocycles. The van der Waals surface area contributed by atoms with Gasteiger partial charge in [0.05, 0.1) is 18.2 Å². The zero-order valence-corrected chi connectivity index (χ0v) is 10.6. The molecule has 1 aliphatic heterocycles. The second kappa shape index (κ2) is 4.91. The summed E-state index contributed by atoms with van der Waals surface area (Å²) in [5.41, 5.74) is 0.447. The van der Waals surface area contributed by atoms with Crippen LogP contribution < -0.4 is 0 Å². The Balaban J connectivity index is 2.14. The molecule has 1 N–H and O–H groups in total. The number of aliphatic carboxylic acids is 1. The minimum Gasteiger partial charge on any atom is -0.481 e. The van der Waals surface area contributed by atoms with E-state index in [2.05, 4.69) is 15.9 Å². The molecule has 0 bridgehead atoms. The van der Waals surface area contributed by atoms with Crippen molar-refractivity contribution in [2.75, 3.05) is 6.54 Å². The molecule has 0 radical (unpaired) electrons. The van der Waals surface area contributed by atoms with E-state index in [1.807, 2.05) is 0 Å². The maximum atomic E-state index is 12.2. The first-order valence-corrected chi connectivity index (χ1v) is 6.14. The molecule has 1 amide bonds. The number of rotatable bonds is 3. The van der Waals surface area contributed by atoms with Crippen molar-refractivity contribution < 1.29 is 19.1 Å². The number of carboxylic acid groups (broad SMARTS) is 1. The average Bonchev–Trinajstić information content (AvgIpc) is 2.85. The highest BCUT2D eigenvalue weighted by Crippen LogP contribution is 2.26. The van der Waals surface area contributed by atoms with Gasteiger partial charge in [0.25, 0.3) is 5.91 Å². The molecular weight excluding hydrogens is 290 g/mol. The Morgan fingerprint density at radius 1 is 1.59 bits per heavy atom. The lowest BCUT2D eigenvalue weighted by atomic mass is 10.1. The molecule has 0 aliphatic carbocycles. The highest BCUT2D eigenvalue weighted by Gasteiger charge is 2.32. The Kier molecular flexibility index (Phi) is 3.51. The maximum absolute atomic E-state index is 12.2. The fourth-order valence-electron chi connectivity index (χ4n) is 2.12. The summed E-state index contributed by atoms with van der Waals surface area (Å²) in [6, 6.07) is 1.38. The first-order chi connectivity index (χ1) is 8.09. The van der Waals surface area contributed by atoms with Gasteiger partial charge in [-0.05, 0) is 34.8 Å². The molecule has 92 valence electrons. The van der Waals surface area contributed by atoms with E-state index in [-0.39, 0.29) is 18.4 Å². The molecule has 1 atom stereocenters. The van der Waals surface area contributed by atoms with Gasteiger partial charge in [-0.2, -0.15) is 0 Å². The van der Waals surface area contributed by atoms with E-state index >= 15 is 0 Å². The summed E-state index contributed by atoms with van der Waals surface area (Å²) in [5.74, 6) is -1.05. The summed E-state index contributed by atoms with van der Waals surface area (Å²) < 4.78 is 5.41. The predicted octanol–water partition coefficient (Wildman–Crippen LogP) is 2.12. The molecular formula is C11H12BrNO4. The number of carboxylic acids is 1. The molecule has 1 aromatic rings. The fraction of sp³-hybridized carbons (Fsp3) is 0.455. The number of hydrogen-bond donors (Lipinski definition) is 1. The molecule has 1 saturated heterocycles. The van der Waals surface area contributed by atoms with Gasteiger partial charge in [-0.15, -0.1) is 0 Å². The van der Waals surface area contributed by atoms with Crippen LogP contribution in [0, 0.1) is 0 Å². The van der Waals surface area contributed by atoms with Gasteiger partial charge in [-0.3, -0.25) is 9.59 Å². The average molecular weight is 302 g/mol. The summed E-state index contributed by atoms with van der Waals surface area (Å²) in [6.07, 6.45) is 3.02.